The van der Waals surface area contributed by atoms with Crippen LogP contribution in [-0.4, -0.2) is 102 Å². The summed E-state index contributed by atoms with van der Waals surface area (Å²) in [4.78, 5) is 26.0. The van der Waals surface area contributed by atoms with Gasteiger partial charge in [-0.3, -0.25) is 14.7 Å². The number of carbonyl (C=O) groups excluding carboxylic acids is 1. The Balaban J connectivity index is 1.02. The quantitative estimate of drug-likeness (QED) is 0.107. The highest BCUT2D eigenvalue weighted by molar-refractivity contribution is 7.99. The monoisotopic (exact) mass is 826 g/mol. The molecule has 11 nitrogen and oxygen atoms in total. The molecule has 1 aliphatic rings. The van der Waals surface area contributed by atoms with Gasteiger partial charge in [-0.2, -0.15) is 0 Å². The second-order valence-electron chi connectivity index (χ2n) is 14.6. The van der Waals surface area contributed by atoms with Crippen LogP contribution >= 0.6 is 11.8 Å². The minimum Gasteiger partial charge on any atom is -0.381 e. The van der Waals surface area contributed by atoms with Crippen LogP contribution in [-0.2, 0) is 26.4 Å². The topological polar surface area (TPSA) is 132 Å². The van der Waals surface area contributed by atoms with Crippen molar-refractivity contribution in [3.63, 3.8) is 0 Å². The highest BCUT2D eigenvalue weighted by Crippen LogP contribution is 2.27. The van der Waals surface area contributed by atoms with E-state index in [9.17, 15) is 21.6 Å². The van der Waals surface area contributed by atoms with Gasteiger partial charge in [0.25, 0.3) is 15.9 Å². The normalized spacial score (nSPS) is 14.4. The highest BCUT2D eigenvalue weighted by Gasteiger charge is 2.23. The van der Waals surface area contributed by atoms with Crippen LogP contribution < -0.4 is 14.9 Å². The first-order valence-corrected chi connectivity index (χ1v) is 23.2. The number of pyridine rings is 1. The van der Waals surface area contributed by atoms with Gasteiger partial charge < -0.3 is 15.1 Å². The molecule has 300 valence electrons. The van der Waals surface area contributed by atoms with Crippen LogP contribution in [0.5, 0.6) is 0 Å². The van der Waals surface area contributed by atoms with Crippen molar-refractivity contribution in [2.24, 2.45) is 0 Å². The predicted molar refractivity (Wildman–Crippen MR) is 230 cm³/mol. The number of aryl methyl sites for hydroxylation is 1. The molecule has 1 atom stereocenters. The van der Waals surface area contributed by atoms with Crippen LogP contribution in [0.25, 0.3) is 11.3 Å². The summed E-state index contributed by atoms with van der Waals surface area (Å²) >= 11 is 1.78. The maximum Gasteiger partial charge on any atom is 0.264 e. The van der Waals surface area contributed by atoms with Crippen LogP contribution in [0.2, 0.25) is 0 Å². The van der Waals surface area contributed by atoms with Crippen molar-refractivity contribution in [2.45, 2.75) is 40.6 Å². The van der Waals surface area contributed by atoms with Gasteiger partial charge in [0.15, 0.2) is 9.84 Å². The van der Waals surface area contributed by atoms with Crippen molar-refractivity contribution in [1.29, 1.82) is 0 Å². The first-order valence-electron chi connectivity index (χ1n) is 18.8. The molecule has 57 heavy (non-hydrogen) atoms. The lowest BCUT2D eigenvalue weighted by atomic mass is 10.1. The Bertz CT molecular complexity index is 2350. The third kappa shape index (κ3) is 11.4. The summed E-state index contributed by atoms with van der Waals surface area (Å²) in [6, 6.07) is 33.1. The first-order chi connectivity index (χ1) is 27.2. The number of hydrogen-bond donors (Lipinski definition) is 2. The number of rotatable bonds is 16. The number of benzene rings is 4. The fraction of sp³-hybridized carbons (Fsp3) is 0.302. The minimum absolute atomic E-state index is 0.0279. The number of nitrogens with zero attached hydrogens (tertiary/aromatic N) is 4. The molecule has 1 aromatic heterocycles. The number of thioether (sulfide) groups is 1. The summed E-state index contributed by atoms with van der Waals surface area (Å²) in [6.07, 6.45) is 3.86. The number of hydrogen-bond acceptors (Lipinski definition) is 11. The third-order valence-corrected chi connectivity index (χ3v) is 13.6. The molecule has 0 radical (unpaired) electrons. The van der Waals surface area contributed by atoms with Crippen molar-refractivity contribution >= 4 is 48.9 Å². The molecule has 0 saturated carbocycles. The summed E-state index contributed by atoms with van der Waals surface area (Å²) < 4.78 is 52.8. The lowest BCUT2D eigenvalue weighted by Gasteiger charge is -2.36. The molecule has 5 aromatic rings. The van der Waals surface area contributed by atoms with E-state index in [1.165, 1.54) is 17.2 Å². The van der Waals surface area contributed by atoms with Gasteiger partial charge in [-0.1, -0.05) is 36.4 Å². The van der Waals surface area contributed by atoms with Gasteiger partial charge in [-0.05, 0) is 118 Å². The number of carbonyl (C=O) groups is 1. The van der Waals surface area contributed by atoms with Gasteiger partial charge >= 0.3 is 0 Å². The average molecular weight is 827 g/mol. The van der Waals surface area contributed by atoms with Crippen molar-refractivity contribution in [1.82, 2.24) is 19.5 Å². The maximum absolute atomic E-state index is 13.4. The van der Waals surface area contributed by atoms with E-state index in [1.54, 1.807) is 66.5 Å². The summed E-state index contributed by atoms with van der Waals surface area (Å²) in [5.74, 6) is 0.162. The molecule has 0 bridgehead atoms. The molecular formula is C43H50N6O5S3. The van der Waals surface area contributed by atoms with Gasteiger partial charge in [0.05, 0.1) is 15.5 Å². The van der Waals surface area contributed by atoms with Crippen LogP contribution in [0.1, 0.15) is 27.9 Å². The van der Waals surface area contributed by atoms with Crippen LogP contribution in [0.4, 0.5) is 11.4 Å². The molecule has 1 saturated heterocycles. The van der Waals surface area contributed by atoms with E-state index in [0.717, 1.165) is 78.7 Å². The number of sulfone groups is 1. The fourth-order valence-corrected chi connectivity index (χ4v) is 9.35. The van der Waals surface area contributed by atoms with Crippen molar-refractivity contribution in [2.75, 3.05) is 69.0 Å². The van der Waals surface area contributed by atoms with Gasteiger partial charge in [-0.25, -0.2) is 21.6 Å². The molecule has 0 unspecified atom stereocenters. The first kappa shape index (κ1) is 41.9. The van der Waals surface area contributed by atoms with Gasteiger partial charge in [-0.15, -0.1) is 11.8 Å². The molecule has 14 heteroatoms. The summed E-state index contributed by atoms with van der Waals surface area (Å²) in [6.45, 7) is 6.62. The van der Waals surface area contributed by atoms with E-state index < -0.39 is 25.8 Å². The molecule has 0 aliphatic carbocycles. The van der Waals surface area contributed by atoms with Crippen molar-refractivity contribution in [3.8, 4) is 11.3 Å². The van der Waals surface area contributed by atoms with Gasteiger partial charge in [0, 0.05) is 84.4 Å². The Labute approximate surface area is 341 Å². The number of aromatic nitrogens is 1. The Morgan fingerprint density at radius 2 is 1.53 bits per heavy atom. The van der Waals surface area contributed by atoms with E-state index in [-0.39, 0.29) is 21.4 Å². The van der Waals surface area contributed by atoms with Gasteiger partial charge in [0.2, 0.25) is 0 Å². The van der Waals surface area contributed by atoms with Crippen molar-refractivity contribution < 1.29 is 21.6 Å². The molecule has 2 N–H and O–H groups in total. The van der Waals surface area contributed by atoms with Crippen molar-refractivity contribution in [3.05, 3.63) is 132 Å². The van der Waals surface area contributed by atoms with E-state index in [4.69, 9.17) is 0 Å². The molecule has 2 heterocycles. The Hall–Kier alpha value is -4.73. The fourth-order valence-electron chi connectivity index (χ4n) is 6.66. The lowest BCUT2D eigenvalue weighted by Crippen LogP contribution is -2.46. The number of sulfonamides is 1. The van der Waals surface area contributed by atoms with E-state index in [1.807, 2.05) is 63.5 Å². The number of anilines is 2. The smallest absolute Gasteiger partial charge is 0.264 e. The standard InChI is InChI=1S/C43H50N6O5S3/c1-32-29-40(20-21-41(32)45-36(22-24-47(2)3)31-55-38-10-6-5-7-11-38)57(53,54)46-43(50)34-12-16-37(17-13-34)49-27-25-48(26-28-49)30-35-9-8-23-44-42(35)33-14-18-39(19-15-33)56(4,51)52/h5-21,23,29,36,45H,22,24-28,30-31H2,1-4H3,(H,46,50)/t36-/m1/s1. The zero-order valence-corrected chi connectivity index (χ0v) is 35.2. The van der Waals surface area contributed by atoms with E-state index in [0.29, 0.717) is 6.54 Å². The Morgan fingerprint density at radius 3 is 2.18 bits per heavy atom. The van der Waals surface area contributed by atoms with E-state index in [2.05, 4.69) is 41.9 Å². The molecule has 1 aliphatic heterocycles. The van der Waals surface area contributed by atoms with Gasteiger partial charge in [0.1, 0.15) is 0 Å². The highest BCUT2D eigenvalue weighted by atomic mass is 32.2. The molecule has 1 fully saturated rings. The number of piperazine rings is 1. The second kappa shape index (κ2) is 18.7. The van der Waals surface area contributed by atoms with Crippen LogP contribution in [0.3, 0.4) is 0 Å². The number of nitrogens with one attached hydrogen (secondary N) is 2. The Kier molecular flexibility index (Phi) is 13.7. The SMILES string of the molecule is Cc1cc(S(=O)(=O)NC(=O)c2ccc(N3CCN(Cc4cccnc4-c4ccc(S(C)(=O)=O)cc4)CC3)cc2)ccc1N[C@H](CCN(C)C)CSc1ccccc1. The van der Waals surface area contributed by atoms with Crippen LogP contribution in [0.15, 0.2) is 130 Å². The zero-order chi connectivity index (χ0) is 40.6. The molecule has 0 spiro atoms. The Morgan fingerprint density at radius 1 is 0.842 bits per heavy atom. The molecule has 6 rings (SSSR count). The summed E-state index contributed by atoms with van der Waals surface area (Å²) in [5, 5.41) is 3.62. The second-order valence-corrected chi connectivity index (χ2v) is 19.4. The third-order valence-electron chi connectivity index (χ3n) is 9.92. The summed E-state index contributed by atoms with van der Waals surface area (Å²) in [5.41, 5.74) is 5.59. The number of amides is 1. The average Bonchev–Trinajstić information content (AvgIpc) is 3.20. The lowest BCUT2D eigenvalue weighted by molar-refractivity contribution is 0.0981. The zero-order valence-electron chi connectivity index (χ0n) is 32.8. The molecule has 4 aromatic carbocycles. The van der Waals surface area contributed by atoms with Crippen LogP contribution in [0, 0.1) is 6.92 Å². The maximum atomic E-state index is 13.4. The predicted octanol–water partition coefficient (Wildman–Crippen LogP) is 6.43. The van der Waals surface area contributed by atoms with E-state index >= 15 is 0 Å². The molecular weight excluding hydrogens is 777 g/mol. The summed E-state index contributed by atoms with van der Waals surface area (Å²) in [7, 11) is -3.30. The largest absolute Gasteiger partial charge is 0.381 e. The minimum atomic E-state index is -4.12. The molecule has 1 amide bonds.